The van der Waals surface area contributed by atoms with Gasteiger partial charge in [-0.1, -0.05) is 19.3 Å². The Hall–Kier alpha value is -1.10. The van der Waals surface area contributed by atoms with Crippen molar-refractivity contribution in [2.45, 2.75) is 57.4 Å². The summed E-state index contributed by atoms with van der Waals surface area (Å²) in [6, 6.07) is 0.690. The molecule has 0 aromatic carbocycles. The summed E-state index contributed by atoms with van der Waals surface area (Å²) in [5.41, 5.74) is -0.815. The summed E-state index contributed by atoms with van der Waals surface area (Å²) < 4.78 is 0. The lowest BCUT2D eigenvalue weighted by Crippen LogP contribution is -2.41. The van der Waals surface area contributed by atoms with Gasteiger partial charge in [-0.25, -0.2) is 0 Å². The van der Waals surface area contributed by atoms with Gasteiger partial charge in [0.15, 0.2) is 0 Å². The molecule has 2 fully saturated rings. The summed E-state index contributed by atoms with van der Waals surface area (Å²) in [6.45, 7) is 1.46. The average molecular weight is 282 g/mol. The van der Waals surface area contributed by atoms with Crippen LogP contribution in [0.25, 0.3) is 0 Å². The van der Waals surface area contributed by atoms with E-state index in [0.717, 1.165) is 25.8 Å². The van der Waals surface area contributed by atoms with Crippen molar-refractivity contribution < 1.29 is 14.7 Å². The molecule has 0 bridgehead atoms. The predicted octanol–water partition coefficient (Wildman–Crippen LogP) is 1.62. The van der Waals surface area contributed by atoms with Crippen LogP contribution in [0.2, 0.25) is 0 Å². The first-order valence-electron chi connectivity index (χ1n) is 7.74. The van der Waals surface area contributed by atoms with Crippen LogP contribution < -0.4 is 5.32 Å². The Bertz CT molecular complexity index is 360. The van der Waals surface area contributed by atoms with E-state index >= 15 is 0 Å². The number of aliphatic carboxylic acids is 1. The molecule has 0 atom stereocenters. The molecule has 5 heteroatoms. The maximum absolute atomic E-state index is 12.0. The Kier molecular flexibility index (Phi) is 5.02. The number of hydrogen-bond donors (Lipinski definition) is 2. The Morgan fingerprint density at radius 2 is 1.90 bits per heavy atom. The molecule has 0 spiro atoms. The molecule has 5 nitrogen and oxygen atoms in total. The van der Waals surface area contributed by atoms with Crippen molar-refractivity contribution in [3.8, 4) is 0 Å². The quantitative estimate of drug-likeness (QED) is 0.744. The van der Waals surface area contributed by atoms with E-state index in [0.29, 0.717) is 25.4 Å². The summed E-state index contributed by atoms with van der Waals surface area (Å²) in [5.74, 6) is -0.916. The second kappa shape index (κ2) is 6.57. The molecule has 2 N–H and O–H groups in total. The predicted molar refractivity (Wildman–Crippen MR) is 76.4 cm³/mol. The van der Waals surface area contributed by atoms with E-state index < -0.39 is 11.4 Å². The topological polar surface area (TPSA) is 69.6 Å². The number of rotatable bonds is 7. The normalized spacial score (nSPS) is 21.7. The lowest BCUT2D eigenvalue weighted by Gasteiger charge is -2.32. The minimum Gasteiger partial charge on any atom is -0.481 e. The number of hydrogen-bond acceptors (Lipinski definition) is 3. The van der Waals surface area contributed by atoms with Crippen LogP contribution in [-0.2, 0) is 9.59 Å². The van der Waals surface area contributed by atoms with Crippen LogP contribution in [0.4, 0.5) is 0 Å². The second-order valence-electron chi connectivity index (χ2n) is 6.38. The van der Waals surface area contributed by atoms with Gasteiger partial charge in [0.25, 0.3) is 0 Å². The zero-order valence-corrected chi connectivity index (χ0v) is 12.4. The standard InChI is InChI=1S/C15H26N2O3/c1-17(12-5-6-12)10-9-16-13(18)11-15(14(19)20)7-3-2-4-8-15/h12H,2-11H2,1H3,(H,16,18)(H,19,20). The molecule has 0 aromatic heterocycles. The molecule has 20 heavy (non-hydrogen) atoms. The zero-order chi connectivity index (χ0) is 14.6. The molecule has 0 saturated heterocycles. The third kappa shape index (κ3) is 3.95. The molecule has 2 saturated carbocycles. The van der Waals surface area contributed by atoms with Crippen molar-refractivity contribution in [3.05, 3.63) is 0 Å². The minimum absolute atomic E-state index is 0.113. The van der Waals surface area contributed by atoms with E-state index in [1.54, 1.807) is 0 Å². The molecule has 0 unspecified atom stereocenters. The number of nitrogens with zero attached hydrogens (tertiary/aromatic N) is 1. The first-order chi connectivity index (χ1) is 9.53. The summed E-state index contributed by atoms with van der Waals surface area (Å²) in [7, 11) is 2.07. The summed E-state index contributed by atoms with van der Waals surface area (Å²) in [4.78, 5) is 25.8. The van der Waals surface area contributed by atoms with Gasteiger partial charge in [-0.2, -0.15) is 0 Å². The maximum Gasteiger partial charge on any atom is 0.310 e. The number of carboxylic acids is 1. The van der Waals surface area contributed by atoms with Crippen LogP contribution in [0.1, 0.15) is 51.4 Å². The van der Waals surface area contributed by atoms with Crippen molar-refractivity contribution in [1.82, 2.24) is 10.2 Å². The third-order valence-corrected chi connectivity index (χ3v) is 4.72. The molecule has 0 aliphatic heterocycles. The van der Waals surface area contributed by atoms with Gasteiger partial charge in [0, 0.05) is 25.6 Å². The lowest BCUT2D eigenvalue weighted by molar-refractivity contribution is -0.154. The molecule has 0 radical (unpaired) electrons. The first-order valence-corrected chi connectivity index (χ1v) is 7.74. The Morgan fingerprint density at radius 1 is 1.25 bits per heavy atom. The van der Waals surface area contributed by atoms with E-state index in [2.05, 4.69) is 17.3 Å². The summed E-state index contributed by atoms with van der Waals surface area (Å²) >= 11 is 0. The molecule has 1 amide bonds. The van der Waals surface area contributed by atoms with Gasteiger partial charge >= 0.3 is 5.97 Å². The van der Waals surface area contributed by atoms with Crippen LogP contribution in [-0.4, -0.2) is 48.1 Å². The fraction of sp³-hybridized carbons (Fsp3) is 0.867. The van der Waals surface area contributed by atoms with Gasteiger partial charge in [-0.3, -0.25) is 9.59 Å². The zero-order valence-electron chi connectivity index (χ0n) is 12.4. The van der Waals surface area contributed by atoms with Crippen LogP contribution in [0.15, 0.2) is 0 Å². The fourth-order valence-corrected chi connectivity index (χ4v) is 3.13. The number of likely N-dealkylation sites (N-methyl/N-ethyl adjacent to an activating group) is 1. The highest BCUT2D eigenvalue weighted by Crippen LogP contribution is 2.39. The maximum atomic E-state index is 12.0. The SMILES string of the molecule is CN(CCNC(=O)CC1(C(=O)O)CCCCC1)C1CC1. The minimum atomic E-state index is -0.815. The van der Waals surface area contributed by atoms with Gasteiger partial charge < -0.3 is 15.3 Å². The molecule has 0 aromatic rings. The van der Waals surface area contributed by atoms with Crippen molar-refractivity contribution >= 4 is 11.9 Å². The van der Waals surface area contributed by atoms with E-state index in [4.69, 9.17) is 0 Å². The molecule has 0 heterocycles. The average Bonchev–Trinajstić information content (AvgIpc) is 3.23. The number of carbonyl (C=O) groups excluding carboxylic acids is 1. The molecule has 2 aliphatic rings. The molecule has 2 rings (SSSR count). The van der Waals surface area contributed by atoms with E-state index in [9.17, 15) is 14.7 Å². The number of nitrogens with one attached hydrogen (secondary N) is 1. The van der Waals surface area contributed by atoms with Crippen molar-refractivity contribution in [3.63, 3.8) is 0 Å². The fourth-order valence-electron chi connectivity index (χ4n) is 3.13. The highest BCUT2D eigenvalue weighted by molar-refractivity contribution is 5.85. The number of amides is 1. The largest absolute Gasteiger partial charge is 0.481 e. The van der Waals surface area contributed by atoms with Crippen molar-refractivity contribution in [1.29, 1.82) is 0 Å². The molecule has 114 valence electrons. The monoisotopic (exact) mass is 282 g/mol. The lowest BCUT2D eigenvalue weighted by atomic mass is 9.71. The van der Waals surface area contributed by atoms with Gasteiger partial charge in [-0.05, 0) is 32.7 Å². The third-order valence-electron chi connectivity index (χ3n) is 4.72. The molecular weight excluding hydrogens is 256 g/mol. The Morgan fingerprint density at radius 3 is 2.45 bits per heavy atom. The van der Waals surface area contributed by atoms with Crippen molar-refractivity contribution in [2.75, 3.05) is 20.1 Å². The van der Waals surface area contributed by atoms with Crippen molar-refractivity contribution in [2.24, 2.45) is 5.41 Å². The molecular formula is C15H26N2O3. The van der Waals surface area contributed by atoms with Gasteiger partial charge in [0.2, 0.25) is 5.91 Å². The van der Waals surface area contributed by atoms with E-state index in [1.165, 1.54) is 12.8 Å². The molecule has 2 aliphatic carbocycles. The number of carbonyl (C=O) groups is 2. The smallest absolute Gasteiger partial charge is 0.310 e. The van der Waals surface area contributed by atoms with Crippen LogP contribution >= 0.6 is 0 Å². The van der Waals surface area contributed by atoms with Gasteiger partial charge in [-0.15, -0.1) is 0 Å². The number of carboxylic acid groups (broad SMARTS) is 1. The Balaban J connectivity index is 1.74. The van der Waals surface area contributed by atoms with Crippen LogP contribution in [0, 0.1) is 5.41 Å². The van der Waals surface area contributed by atoms with Crippen LogP contribution in [0.3, 0.4) is 0 Å². The van der Waals surface area contributed by atoms with Crippen LogP contribution in [0.5, 0.6) is 0 Å². The van der Waals surface area contributed by atoms with Gasteiger partial charge in [0.05, 0.1) is 5.41 Å². The second-order valence-corrected chi connectivity index (χ2v) is 6.38. The first kappa shape index (κ1) is 15.3. The van der Waals surface area contributed by atoms with Gasteiger partial charge in [0.1, 0.15) is 0 Å². The summed E-state index contributed by atoms with van der Waals surface area (Å²) in [6.07, 6.45) is 6.85. The van der Waals surface area contributed by atoms with E-state index in [-0.39, 0.29) is 12.3 Å². The Labute approximate surface area is 120 Å². The highest BCUT2D eigenvalue weighted by atomic mass is 16.4. The summed E-state index contributed by atoms with van der Waals surface area (Å²) in [5, 5.41) is 12.3. The highest BCUT2D eigenvalue weighted by Gasteiger charge is 2.41. The van der Waals surface area contributed by atoms with E-state index in [1.807, 2.05) is 0 Å².